The van der Waals surface area contributed by atoms with E-state index in [-0.39, 0.29) is 17.3 Å². The van der Waals surface area contributed by atoms with E-state index in [1.165, 1.54) is 4.90 Å². The van der Waals surface area contributed by atoms with Gasteiger partial charge in [-0.05, 0) is 74.7 Å². The van der Waals surface area contributed by atoms with Crippen LogP contribution in [0.5, 0.6) is 0 Å². The molecule has 0 aliphatic carbocycles. The van der Waals surface area contributed by atoms with Crippen molar-refractivity contribution >= 4 is 43.5 Å². The van der Waals surface area contributed by atoms with E-state index in [4.69, 9.17) is 0 Å². The van der Waals surface area contributed by atoms with Crippen LogP contribution in [0.3, 0.4) is 0 Å². The van der Waals surface area contributed by atoms with Gasteiger partial charge >= 0.3 is 0 Å². The minimum atomic E-state index is -4.08. The predicted octanol–water partition coefficient (Wildman–Crippen LogP) is 5.59. The SMILES string of the molecule is CCCCNC(=O)C(C)N(Cc1ccc(Br)cc1)C(=O)CN(c1cccc(C)c1)S(=O)(=O)c1ccc(C)cc1. The van der Waals surface area contributed by atoms with Crippen molar-refractivity contribution in [3.05, 3.63) is 94.0 Å². The largest absolute Gasteiger partial charge is 0.354 e. The van der Waals surface area contributed by atoms with Crippen LogP contribution >= 0.6 is 15.9 Å². The van der Waals surface area contributed by atoms with Crippen LogP contribution in [0, 0.1) is 13.8 Å². The monoisotopic (exact) mass is 613 g/mol. The number of rotatable bonds is 12. The summed E-state index contributed by atoms with van der Waals surface area (Å²) < 4.78 is 29.7. The van der Waals surface area contributed by atoms with E-state index in [0.29, 0.717) is 12.2 Å². The summed E-state index contributed by atoms with van der Waals surface area (Å²) in [6, 6.07) is 20.2. The Morgan fingerprint density at radius 2 is 1.62 bits per heavy atom. The number of hydrogen-bond acceptors (Lipinski definition) is 4. The molecule has 208 valence electrons. The summed E-state index contributed by atoms with van der Waals surface area (Å²) in [6.45, 7) is 7.66. The van der Waals surface area contributed by atoms with E-state index in [9.17, 15) is 18.0 Å². The van der Waals surface area contributed by atoms with Gasteiger partial charge in [-0.25, -0.2) is 8.42 Å². The second-order valence-electron chi connectivity index (χ2n) is 9.63. The van der Waals surface area contributed by atoms with Crippen LogP contribution in [0.15, 0.2) is 82.2 Å². The van der Waals surface area contributed by atoms with Crippen LogP contribution in [0.25, 0.3) is 0 Å². The van der Waals surface area contributed by atoms with Crippen molar-refractivity contribution in [1.82, 2.24) is 10.2 Å². The molecule has 9 heteroatoms. The van der Waals surface area contributed by atoms with Gasteiger partial charge in [0.05, 0.1) is 10.6 Å². The molecule has 1 atom stereocenters. The summed E-state index contributed by atoms with van der Waals surface area (Å²) in [4.78, 5) is 28.5. The molecule has 0 aromatic heterocycles. The summed E-state index contributed by atoms with van der Waals surface area (Å²) in [7, 11) is -4.08. The highest BCUT2D eigenvalue weighted by Gasteiger charge is 2.32. The number of sulfonamides is 1. The van der Waals surface area contributed by atoms with E-state index in [1.54, 1.807) is 49.4 Å². The van der Waals surface area contributed by atoms with Crippen molar-refractivity contribution in [2.24, 2.45) is 0 Å². The quantitative estimate of drug-likeness (QED) is 0.270. The summed E-state index contributed by atoms with van der Waals surface area (Å²) >= 11 is 3.42. The fourth-order valence-corrected chi connectivity index (χ4v) is 5.72. The molecule has 0 saturated carbocycles. The molecular weight excluding hydrogens is 578 g/mol. The van der Waals surface area contributed by atoms with E-state index < -0.39 is 28.5 Å². The number of amides is 2. The summed E-state index contributed by atoms with van der Waals surface area (Å²) in [5.41, 5.74) is 2.99. The molecule has 7 nitrogen and oxygen atoms in total. The normalized spacial score (nSPS) is 12.0. The van der Waals surface area contributed by atoms with E-state index in [0.717, 1.165) is 38.3 Å². The van der Waals surface area contributed by atoms with Gasteiger partial charge in [0, 0.05) is 17.6 Å². The molecule has 0 aliphatic rings. The van der Waals surface area contributed by atoms with Gasteiger partial charge in [-0.1, -0.05) is 71.2 Å². The van der Waals surface area contributed by atoms with E-state index >= 15 is 0 Å². The van der Waals surface area contributed by atoms with Gasteiger partial charge in [-0.2, -0.15) is 0 Å². The highest BCUT2D eigenvalue weighted by molar-refractivity contribution is 9.10. The number of unbranched alkanes of at least 4 members (excludes halogenated alkanes) is 1. The fourth-order valence-electron chi connectivity index (χ4n) is 4.05. The molecule has 0 heterocycles. The van der Waals surface area contributed by atoms with Gasteiger partial charge < -0.3 is 10.2 Å². The molecule has 39 heavy (non-hydrogen) atoms. The van der Waals surface area contributed by atoms with Crippen molar-refractivity contribution < 1.29 is 18.0 Å². The van der Waals surface area contributed by atoms with E-state index in [1.807, 2.05) is 51.1 Å². The Balaban J connectivity index is 1.99. The number of hydrogen-bond donors (Lipinski definition) is 1. The molecule has 3 aromatic carbocycles. The molecule has 1 N–H and O–H groups in total. The van der Waals surface area contributed by atoms with Crippen molar-refractivity contribution in [3.8, 4) is 0 Å². The van der Waals surface area contributed by atoms with Crippen molar-refractivity contribution in [1.29, 1.82) is 0 Å². The molecule has 0 saturated heterocycles. The Bertz CT molecular complexity index is 1380. The van der Waals surface area contributed by atoms with Crippen LogP contribution in [0.2, 0.25) is 0 Å². The minimum absolute atomic E-state index is 0.0900. The number of nitrogens with zero attached hydrogens (tertiary/aromatic N) is 2. The highest BCUT2D eigenvalue weighted by atomic mass is 79.9. The maximum atomic E-state index is 13.9. The lowest BCUT2D eigenvalue weighted by Gasteiger charge is -2.32. The van der Waals surface area contributed by atoms with Crippen molar-refractivity contribution in [2.75, 3.05) is 17.4 Å². The Hall–Kier alpha value is -3.17. The Morgan fingerprint density at radius 1 is 0.949 bits per heavy atom. The first kappa shape index (κ1) is 30.4. The zero-order valence-corrected chi connectivity index (χ0v) is 25.3. The molecule has 2 amide bonds. The number of aryl methyl sites for hydroxylation is 2. The molecule has 0 spiro atoms. The molecule has 3 rings (SSSR count). The van der Waals surface area contributed by atoms with Crippen LogP contribution in [0.1, 0.15) is 43.4 Å². The Morgan fingerprint density at radius 3 is 2.23 bits per heavy atom. The number of anilines is 1. The zero-order chi connectivity index (χ0) is 28.6. The number of halogens is 1. The Kier molecular flexibility index (Phi) is 10.7. The molecular formula is C30H36BrN3O4S. The summed E-state index contributed by atoms with van der Waals surface area (Å²) in [5.74, 6) is -0.759. The minimum Gasteiger partial charge on any atom is -0.354 e. The van der Waals surface area contributed by atoms with Crippen LogP contribution in [-0.2, 0) is 26.2 Å². The average molecular weight is 615 g/mol. The molecule has 0 fully saturated rings. The summed E-state index contributed by atoms with van der Waals surface area (Å²) in [5, 5.41) is 2.90. The lowest BCUT2D eigenvalue weighted by Crippen LogP contribution is -2.51. The lowest BCUT2D eigenvalue weighted by molar-refractivity contribution is -0.139. The van der Waals surface area contributed by atoms with Crippen LogP contribution in [0.4, 0.5) is 5.69 Å². The van der Waals surface area contributed by atoms with Gasteiger partial charge in [0.1, 0.15) is 12.6 Å². The third kappa shape index (κ3) is 8.16. The standard InChI is InChI=1S/C30H36BrN3O4S/c1-5-6-18-32-30(36)24(4)33(20-25-12-14-26(31)15-13-25)29(35)21-34(27-9-7-8-23(3)19-27)39(37,38)28-16-10-22(2)11-17-28/h7-17,19,24H,5-6,18,20-21H2,1-4H3,(H,32,36). The number of carbonyl (C=O) groups excluding carboxylic acids is 2. The van der Waals surface area contributed by atoms with Gasteiger partial charge in [0.15, 0.2) is 0 Å². The van der Waals surface area contributed by atoms with Crippen LogP contribution < -0.4 is 9.62 Å². The fraction of sp³-hybridized carbons (Fsp3) is 0.333. The van der Waals surface area contributed by atoms with Crippen LogP contribution in [-0.4, -0.2) is 44.3 Å². The maximum Gasteiger partial charge on any atom is 0.264 e. The van der Waals surface area contributed by atoms with E-state index in [2.05, 4.69) is 21.2 Å². The Labute approximate surface area is 240 Å². The smallest absolute Gasteiger partial charge is 0.264 e. The van der Waals surface area contributed by atoms with Gasteiger partial charge in [0.25, 0.3) is 10.0 Å². The topological polar surface area (TPSA) is 86.8 Å². The first-order valence-corrected chi connectivity index (χ1v) is 15.2. The van der Waals surface area contributed by atoms with Crippen molar-refractivity contribution in [2.45, 2.75) is 58.0 Å². The first-order chi connectivity index (χ1) is 18.5. The second kappa shape index (κ2) is 13.8. The average Bonchev–Trinajstić information content (AvgIpc) is 2.91. The van der Waals surface area contributed by atoms with Gasteiger partial charge in [0.2, 0.25) is 11.8 Å². The molecule has 0 bridgehead atoms. The van der Waals surface area contributed by atoms with Crippen molar-refractivity contribution in [3.63, 3.8) is 0 Å². The third-order valence-corrected chi connectivity index (χ3v) is 8.76. The zero-order valence-electron chi connectivity index (χ0n) is 22.9. The predicted molar refractivity (Wildman–Crippen MR) is 159 cm³/mol. The second-order valence-corrected chi connectivity index (χ2v) is 12.4. The summed E-state index contributed by atoms with van der Waals surface area (Å²) in [6.07, 6.45) is 1.76. The van der Waals surface area contributed by atoms with Gasteiger partial charge in [-0.3, -0.25) is 13.9 Å². The molecule has 0 aliphatic heterocycles. The highest BCUT2D eigenvalue weighted by Crippen LogP contribution is 2.26. The number of nitrogens with one attached hydrogen (secondary N) is 1. The number of carbonyl (C=O) groups is 2. The number of benzene rings is 3. The molecule has 1 unspecified atom stereocenters. The molecule has 0 radical (unpaired) electrons. The van der Waals surface area contributed by atoms with Gasteiger partial charge in [-0.15, -0.1) is 0 Å². The third-order valence-electron chi connectivity index (χ3n) is 6.44. The molecule has 3 aromatic rings. The first-order valence-electron chi connectivity index (χ1n) is 13.0. The lowest BCUT2D eigenvalue weighted by atomic mass is 10.1. The maximum absolute atomic E-state index is 13.9.